The minimum atomic E-state index is -0.0846. The Morgan fingerprint density at radius 3 is 2.89 bits per heavy atom. The number of rotatable bonds is 2. The average Bonchev–Trinajstić information content (AvgIpc) is 2.79. The quantitative estimate of drug-likeness (QED) is 0.738. The smallest absolute Gasteiger partial charge is 0.207 e. The molecule has 7 heteroatoms. The van der Waals surface area contributed by atoms with Gasteiger partial charge in [0.2, 0.25) is 10.6 Å². The molecular formula is C11H9N5OS. The van der Waals surface area contributed by atoms with Crippen molar-refractivity contribution in [2.24, 2.45) is 0 Å². The van der Waals surface area contributed by atoms with E-state index in [0.29, 0.717) is 17.1 Å². The molecule has 0 aliphatic rings. The summed E-state index contributed by atoms with van der Waals surface area (Å²) in [6, 6.07) is 7.34. The number of anilines is 1. The molecule has 3 aromatic rings. The maximum atomic E-state index is 11.7. The topological polar surface area (TPSA) is 86.7 Å². The van der Waals surface area contributed by atoms with Crippen molar-refractivity contribution < 1.29 is 0 Å². The largest absolute Gasteiger partial charge is 0.374 e. The number of hydrogen-bond acceptors (Lipinski definition) is 6. The summed E-state index contributed by atoms with van der Waals surface area (Å²) in [4.78, 5) is 11.7. The van der Waals surface area contributed by atoms with Crippen molar-refractivity contribution in [1.82, 2.24) is 20.0 Å². The van der Waals surface area contributed by atoms with Crippen LogP contribution < -0.4 is 11.2 Å². The van der Waals surface area contributed by atoms with Crippen LogP contribution in [0.15, 0.2) is 35.3 Å². The van der Waals surface area contributed by atoms with E-state index in [9.17, 15) is 4.79 Å². The summed E-state index contributed by atoms with van der Waals surface area (Å²) in [5.74, 6) is 0. The van der Waals surface area contributed by atoms with Gasteiger partial charge in [0.05, 0.1) is 18.3 Å². The number of hydrogen-bond donors (Lipinski definition) is 1. The zero-order valence-electron chi connectivity index (χ0n) is 9.28. The molecular weight excluding hydrogens is 250 g/mol. The highest BCUT2D eigenvalue weighted by Gasteiger charge is 2.06. The molecule has 0 atom stereocenters. The molecule has 2 heterocycles. The predicted molar refractivity (Wildman–Crippen MR) is 69.4 cm³/mol. The Labute approximate surface area is 106 Å². The van der Waals surface area contributed by atoms with Crippen LogP contribution in [-0.4, -0.2) is 20.0 Å². The number of benzene rings is 1. The van der Waals surface area contributed by atoms with E-state index in [-0.39, 0.29) is 5.43 Å². The number of nitrogens with two attached hydrogens (primary N) is 1. The first-order chi connectivity index (χ1) is 8.74. The standard InChI is InChI=1S/C11H9N5OS/c12-11-15-14-10(18-11)6-16-8-4-2-1-3-7(8)9(17)5-13-16/h1-5H,6H2,(H2,12,15). The number of aromatic nitrogens is 4. The Morgan fingerprint density at radius 1 is 1.28 bits per heavy atom. The van der Waals surface area contributed by atoms with Crippen LogP contribution in [0.1, 0.15) is 5.01 Å². The second-order valence-corrected chi connectivity index (χ2v) is 4.81. The van der Waals surface area contributed by atoms with Crippen molar-refractivity contribution in [3.63, 3.8) is 0 Å². The summed E-state index contributed by atoms with van der Waals surface area (Å²) in [6.45, 7) is 0.454. The lowest BCUT2D eigenvalue weighted by atomic mass is 10.2. The molecule has 0 fully saturated rings. The van der Waals surface area contributed by atoms with Crippen molar-refractivity contribution in [1.29, 1.82) is 0 Å². The fraction of sp³-hybridized carbons (Fsp3) is 0.0909. The first-order valence-electron chi connectivity index (χ1n) is 5.27. The van der Waals surface area contributed by atoms with E-state index in [1.54, 1.807) is 10.7 Å². The molecule has 1 aromatic carbocycles. The van der Waals surface area contributed by atoms with Crippen molar-refractivity contribution >= 4 is 27.4 Å². The minimum Gasteiger partial charge on any atom is -0.374 e. The SMILES string of the molecule is Nc1nnc(Cn2ncc(=O)c3ccccc32)s1. The van der Waals surface area contributed by atoms with Crippen LogP contribution in [0.3, 0.4) is 0 Å². The predicted octanol–water partition coefficient (Wildman–Crippen LogP) is 0.878. The van der Waals surface area contributed by atoms with Gasteiger partial charge in [-0.05, 0) is 12.1 Å². The highest BCUT2D eigenvalue weighted by atomic mass is 32.1. The van der Waals surface area contributed by atoms with Gasteiger partial charge in [-0.25, -0.2) is 0 Å². The summed E-state index contributed by atoms with van der Waals surface area (Å²) in [5, 5.41) is 13.6. The van der Waals surface area contributed by atoms with E-state index in [2.05, 4.69) is 15.3 Å². The molecule has 0 saturated heterocycles. The van der Waals surface area contributed by atoms with Gasteiger partial charge in [0.1, 0.15) is 5.01 Å². The van der Waals surface area contributed by atoms with Gasteiger partial charge in [-0.1, -0.05) is 23.5 Å². The fourth-order valence-electron chi connectivity index (χ4n) is 1.75. The molecule has 0 bridgehead atoms. The molecule has 90 valence electrons. The molecule has 0 aliphatic carbocycles. The van der Waals surface area contributed by atoms with Gasteiger partial charge < -0.3 is 5.73 Å². The van der Waals surface area contributed by atoms with Crippen LogP contribution in [0.5, 0.6) is 0 Å². The second kappa shape index (κ2) is 4.19. The molecule has 18 heavy (non-hydrogen) atoms. The van der Waals surface area contributed by atoms with E-state index < -0.39 is 0 Å². The monoisotopic (exact) mass is 259 g/mol. The lowest BCUT2D eigenvalue weighted by Gasteiger charge is -2.06. The van der Waals surface area contributed by atoms with Crippen LogP contribution in [0.2, 0.25) is 0 Å². The summed E-state index contributed by atoms with van der Waals surface area (Å²) >= 11 is 1.31. The molecule has 0 radical (unpaired) electrons. The third-order valence-corrected chi connectivity index (χ3v) is 3.27. The zero-order chi connectivity index (χ0) is 12.5. The summed E-state index contributed by atoms with van der Waals surface area (Å²) < 4.78 is 1.72. The second-order valence-electron chi connectivity index (χ2n) is 3.72. The van der Waals surface area contributed by atoms with E-state index >= 15 is 0 Å². The Kier molecular flexibility index (Phi) is 2.52. The lowest BCUT2D eigenvalue weighted by molar-refractivity contribution is 0.685. The summed E-state index contributed by atoms with van der Waals surface area (Å²) in [7, 11) is 0. The minimum absolute atomic E-state index is 0.0846. The molecule has 0 saturated carbocycles. The fourth-order valence-corrected chi connectivity index (χ4v) is 2.34. The maximum absolute atomic E-state index is 11.7. The van der Waals surface area contributed by atoms with Crippen LogP contribution in [0.4, 0.5) is 5.13 Å². The maximum Gasteiger partial charge on any atom is 0.207 e. The summed E-state index contributed by atoms with van der Waals surface area (Å²) in [6.07, 6.45) is 1.31. The Balaban J connectivity index is 2.12. The van der Waals surface area contributed by atoms with E-state index in [1.807, 2.05) is 18.2 Å². The first kappa shape index (κ1) is 10.8. The molecule has 2 aromatic heterocycles. The number of fused-ring (bicyclic) bond motifs is 1. The van der Waals surface area contributed by atoms with Gasteiger partial charge in [0.25, 0.3) is 0 Å². The molecule has 0 spiro atoms. The Bertz CT molecular complexity index is 763. The van der Waals surface area contributed by atoms with E-state index in [1.165, 1.54) is 17.5 Å². The van der Waals surface area contributed by atoms with Gasteiger partial charge >= 0.3 is 0 Å². The van der Waals surface area contributed by atoms with Gasteiger partial charge in [-0.2, -0.15) is 5.10 Å². The lowest BCUT2D eigenvalue weighted by Crippen LogP contribution is -2.12. The average molecular weight is 259 g/mol. The third kappa shape index (κ3) is 1.84. The van der Waals surface area contributed by atoms with Crippen LogP contribution in [-0.2, 0) is 6.54 Å². The molecule has 2 N–H and O–H groups in total. The van der Waals surface area contributed by atoms with Crippen molar-refractivity contribution in [2.75, 3.05) is 5.73 Å². The van der Waals surface area contributed by atoms with Crippen LogP contribution in [0.25, 0.3) is 10.9 Å². The summed E-state index contributed by atoms with van der Waals surface area (Å²) in [5.41, 5.74) is 6.23. The third-order valence-electron chi connectivity index (χ3n) is 2.53. The van der Waals surface area contributed by atoms with Gasteiger partial charge in [0, 0.05) is 5.39 Å². The number of para-hydroxylation sites is 1. The highest BCUT2D eigenvalue weighted by Crippen LogP contribution is 2.14. The highest BCUT2D eigenvalue weighted by molar-refractivity contribution is 7.15. The normalized spacial score (nSPS) is 10.9. The molecule has 3 rings (SSSR count). The van der Waals surface area contributed by atoms with Gasteiger partial charge in [-0.3, -0.25) is 9.48 Å². The molecule has 6 nitrogen and oxygen atoms in total. The van der Waals surface area contributed by atoms with E-state index in [4.69, 9.17) is 5.73 Å². The Hall–Kier alpha value is -2.28. The van der Waals surface area contributed by atoms with Crippen LogP contribution >= 0.6 is 11.3 Å². The van der Waals surface area contributed by atoms with Gasteiger partial charge in [0.15, 0.2) is 0 Å². The van der Waals surface area contributed by atoms with Crippen LogP contribution in [0, 0.1) is 0 Å². The van der Waals surface area contributed by atoms with E-state index in [0.717, 1.165) is 10.5 Å². The van der Waals surface area contributed by atoms with Crippen molar-refractivity contribution in [3.05, 3.63) is 45.7 Å². The molecule has 0 amide bonds. The van der Waals surface area contributed by atoms with Crippen molar-refractivity contribution in [3.8, 4) is 0 Å². The number of nitrogen functional groups attached to an aromatic ring is 1. The first-order valence-corrected chi connectivity index (χ1v) is 6.08. The number of nitrogens with zero attached hydrogens (tertiary/aromatic N) is 4. The zero-order valence-corrected chi connectivity index (χ0v) is 10.1. The molecule has 0 unspecified atom stereocenters. The van der Waals surface area contributed by atoms with Gasteiger partial charge in [-0.15, -0.1) is 10.2 Å². The van der Waals surface area contributed by atoms with Crippen molar-refractivity contribution in [2.45, 2.75) is 6.54 Å². The molecule has 0 aliphatic heterocycles. The Morgan fingerprint density at radius 2 is 2.11 bits per heavy atom.